The van der Waals surface area contributed by atoms with E-state index < -0.39 is 0 Å². The largest absolute Gasteiger partial charge is 0.508 e. The highest BCUT2D eigenvalue weighted by Crippen LogP contribution is 2.47. The van der Waals surface area contributed by atoms with Gasteiger partial charge in [-0.15, -0.1) is 0 Å². The Morgan fingerprint density at radius 1 is 0.935 bits per heavy atom. The van der Waals surface area contributed by atoms with Crippen LogP contribution in [0.1, 0.15) is 41.4 Å². The normalized spacial score (nSPS) is 17.8. The van der Waals surface area contributed by atoms with Gasteiger partial charge in [0, 0.05) is 17.4 Å². The smallest absolute Gasteiger partial charge is 0.123 e. The minimum Gasteiger partial charge on any atom is -0.508 e. The minimum atomic E-state index is 0.104. The maximum Gasteiger partial charge on any atom is 0.123 e. The summed E-state index contributed by atoms with van der Waals surface area (Å²) in [5.41, 5.74) is 3.46. The van der Waals surface area contributed by atoms with Gasteiger partial charge in [0.25, 0.3) is 0 Å². The van der Waals surface area contributed by atoms with Crippen LogP contribution >= 0.6 is 0 Å². The summed E-state index contributed by atoms with van der Waals surface area (Å²) in [4.78, 5) is 2.20. The number of ether oxygens (including phenoxy) is 2. The molecular weight excluding hydrogens is 386 g/mol. The first-order chi connectivity index (χ1) is 15.1. The summed E-state index contributed by atoms with van der Waals surface area (Å²) >= 11 is 0. The zero-order valence-electron chi connectivity index (χ0n) is 18.3. The van der Waals surface area contributed by atoms with Crippen LogP contribution < -0.4 is 9.47 Å². The summed E-state index contributed by atoms with van der Waals surface area (Å²) in [6.45, 7) is 2.42. The fourth-order valence-electron chi connectivity index (χ4n) is 4.30. The van der Waals surface area contributed by atoms with Crippen LogP contribution in [0.3, 0.4) is 0 Å². The lowest BCUT2D eigenvalue weighted by Gasteiger charge is -2.34. The quantitative estimate of drug-likeness (QED) is 0.497. The molecule has 0 aliphatic carbocycles. The summed E-state index contributed by atoms with van der Waals surface area (Å²) < 4.78 is 12.0. The Bertz CT molecular complexity index is 970. The van der Waals surface area contributed by atoms with Crippen LogP contribution in [0.5, 0.6) is 17.2 Å². The highest BCUT2D eigenvalue weighted by molar-refractivity contribution is 5.51. The van der Waals surface area contributed by atoms with Crippen LogP contribution in [0.25, 0.3) is 0 Å². The van der Waals surface area contributed by atoms with Crippen molar-refractivity contribution in [3.05, 3.63) is 89.5 Å². The molecule has 0 saturated carbocycles. The number of benzene rings is 3. The van der Waals surface area contributed by atoms with Crippen LogP contribution in [0, 0.1) is 0 Å². The van der Waals surface area contributed by atoms with Crippen molar-refractivity contribution in [3.63, 3.8) is 0 Å². The third kappa shape index (κ3) is 5.20. The molecule has 4 heteroatoms. The second-order valence-electron chi connectivity index (χ2n) is 8.46. The van der Waals surface area contributed by atoms with E-state index in [1.807, 2.05) is 18.2 Å². The number of aromatic hydroxyl groups is 1. The predicted octanol–water partition coefficient (Wildman–Crippen LogP) is 5.42. The molecule has 0 amide bonds. The van der Waals surface area contributed by atoms with Crippen molar-refractivity contribution >= 4 is 0 Å². The Kier molecular flexibility index (Phi) is 6.78. The SMILES string of the molecule is CN(C)CCCCOc1ccc([C@@H]2c3cc(O)ccc3OC[C@H]2c2ccccc2)cc1. The van der Waals surface area contributed by atoms with E-state index >= 15 is 0 Å². The molecular formula is C27H31NO3. The van der Waals surface area contributed by atoms with Crippen LogP contribution in [0.2, 0.25) is 0 Å². The highest BCUT2D eigenvalue weighted by atomic mass is 16.5. The Labute approximate surface area is 185 Å². The Morgan fingerprint density at radius 3 is 2.45 bits per heavy atom. The maximum absolute atomic E-state index is 10.2. The Morgan fingerprint density at radius 2 is 1.71 bits per heavy atom. The van der Waals surface area contributed by atoms with E-state index in [-0.39, 0.29) is 17.6 Å². The number of unbranched alkanes of at least 4 members (excludes halogenated alkanes) is 1. The van der Waals surface area contributed by atoms with Gasteiger partial charge in [0.2, 0.25) is 0 Å². The number of fused-ring (bicyclic) bond motifs is 1. The van der Waals surface area contributed by atoms with E-state index in [1.54, 1.807) is 6.07 Å². The third-order valence-electron chi connectivity index (χ3n) is 5.88. The number of hydrogen-bond donors (Lipinski definition) is 1. The fraction of sp³-hybridized carbons (Fsp3) is 0.333. The fourth-order valence-corrected chi connectivity index (χ4v) is 4.30. The summed E-state index contributed by atoms with van der Waals surface area (Å²) in [6, 6.07) is 24.3. The van der Waals surface area contributed by atoms with Crippen molar-refractivity contribution in [1.29, 1.82) is 0 Å². The monoisotopic (exact) mass is 417 g/mol. The van der Waals surface area contributed by atoms with E-state index in [4.69, 9.17) is 9.47 Å². The van der Waals surface area contributed by atoms with Gasteiger partial charge in [-0.2, -0.15) is 0 Å². The molecule has 0 unspecified atom stereocenters. The van der Waals surface area contributed by atoms with Gasteiger partial charge in [0.05, 0.1) is 13.2 Å². The van der Waals surface area contributed by atoms with Crippen molar-refractivity contribution in [2.75, 3.05) is 33.9 Å². The highest BCUT2D eigenvalue weighted by Gasteiger charge is 2.33. The first-order valence-corrected chi connectivity index (χ1v) is 11.0. The first-order valence-electron chi connectivity index (χ1n) is 11.0. The summed E-state index contributed by atoms with van der Waals surface area (Å²) in [5, 5.41) is 10.2. The van der Waals surface area contributed by atoms with Gasteiger partial charge in [0.1, 0.15) is 17.2 Å². The van der Waals surface area contributed by atoms with Gasteiger partial charge >= 0.3 is 0 Å². The molecule has 3 aromatic rings. The molecule has 1 aliphatic rings. The molecule has 3 aromatic carbocycles. The average Bonchev–Trinajstić information content (AvgIpc) is 2.79. The lowest BCUT2D eigenvalue weighted by Crippen LogP contribution is -2.25. The standard InChI is InChI=1S/C27H31NO3/c1-28(2)16-6-7-17-30-23-13-10-21(11-14-23)27-24-18-22(29)12-15-26(24)31-19-25(27)20-8-4-3-5-9-20/h3-5,8-15,18,25,27,29H,6-7,16-17,19H2,1-2H3/t25-,27+/m0/s1. The average molecular weight is 418 g/mol. The van der Waals surface area contributed by atoms with Crippen LogP contribution in [0.4, 0.5) is 0 Å². The molecule has 0 fully saturated rings. The topological polar surface area (TPSA) is 41.9 Å². The van der Waals surface area contributed by atoms with Crippen molar-refractivity contribution in [3.8, 4) is 17.2 Å². The molecule has 31 heavy (non-hydrogen) atoms. The van der Waals surface area contributed by atoms with Gasteiger partial charge in [-0.3, -0.25) is 0 Å². The zero-order chi connectivity index (χ0) is 21.6. The van der Waals surface area contributed by atoms with E-state index in [9.17, 15) is 5.11 Å². The van der Waals surface area contributed by atoms with Crippen LogP contribution in [-0.4, -0.2) is 43.9 Å². The van der Waals surface area contributed by atoms with Gasteiger partial charge in [-0.25, -0.2) is 0 Å². The van der Waals surface area contributed by atoms with Gasteiger partial charge in [-0.1, -0.05) is 42.5 Å². The van der Waals surface area contributed by atoms with Crippen LogP contribution in [-0.2, 0) is 0 Å². The lowest BCUT2D eigenvalue weighted by atomic mass is 9.76. The summed E-state index contributed by atoms with van der Waals surface area (Å²) in [5.74, 6) is 2.28. The van der Waals surface area contributed by atoms with E-state index in [2.05, 4.69) is 67.5 Å². The van der Waals surface area contributed by atoms with E-state index in [0.29, 0.717) is 6.61 Å². The molecule has 0 bridgehead atoms. The molecule has 4 rings (SSSR count). The Hall–Kier alpha value is -2.98. The van der Waals surface area contributed by atoms with Gasteiger partial charge in [-0.05, 0) is 74.9 Å². The van der Waals surface area contributed by atoms with Gasteiger partial charge in [0.15, 0.2) is 0 Å². The van der Waals surface area contributed by atoms with E-state index in [0.717, 1.165) is 43.1 Å². The molecule has 4 nitrogen and oxygen atoms in total. The number of phenols is 1. The Balaban J connectivity index is 1.55. The first kappa shape index (κ1) is 21.3. The second-order valence-corrected chi connectivity index (χ2v) is 8.46. The summed E-state index contributed by atoms with van der Waals surface area (Å²) in [6.07, 6.45) is 2.18. The summed E-state index contributed by atoms with van der Waals surface area (Å²) in [7, 11) is 4.19. The number of nitrogens with zero attached hydrogens (tertiary/aromatic N) is 1. The van der Waals surface area contributed by atoms with Crippen molar-refractivity contribution in [1.82, 2.24) is 4.90 Å². The lowest BCUT2D eigenvalue weighted by molar-refractivity contribution is 0.248. The molecule has 0 spiro atoms. The molecule has 0 radical (unpaired) electrons. The number of phenolic OH excluding ortho intramolecular Hbond substituents is 1. The zero-order valence-corrected chi connectivity index (χ0v) is 18.3. The second kappa shape index (κ2) is 9.88. The molecule has 1 N–H and O–H groups in total. The molecule has 2 atom stereocenters. The molecule has 0 saturated heterocycles. The number of rotatable bonds is 8. The number of hydrogen-bond acceptors (Lipinski definition) is 4. The van der Waals surface area contributed by atoms with Gasteiger partial charge < -0.3 is 19.5 Å². The molecule has 0 aromatic heterocycles. The van der Waals surface area contributed by atoms with E-state index in [1.165, 1.54) is 11.1 Å². The van der Waals surface area contributed by atoms with Crippen molar-refractivity contribution < 1.29 is 14.6 Å². The predicted molar refractivity (Wildman–Crippen MR) is 124 cm³/mol. The minimum absolute atomic E-state index is 0.104. The third-order valence-corrected chi connectivity index (χ3v) is 5.88. The van der Waals surface area contributed by atoms with Crippen molar-refractivity contribution in [2.45, 2.75) is 24.7 Å². The molecule has 1 aliphatic heterocycles. The molecule has 1 heterocycles. The molecule has 162 valence electrons. The van der Waals surface area contributed by atoms with Crippen LogP contribution in [0.15, 0.2) is 72.8 Å². The van der Waals surface area contributed by atoms with Crippen molar-refractivity contribution in [2.24, 2.45) is 0 Å². The maximum atomic E-state index is 10.2.